The molecule has 0 heterocycles. The van der Waals surface area contributed by atoms with Crippen LogP contribution in [0.1, 0.15) is 20.3 Å². The molecule has 0 spiro atoms. The summed E-state index contributed by atoms with van der Waals surface area (Å²) >= 11 is 0. The number of aliphatic hydroxyl groups excluding tert-OH is 2. The van der Waals surface area contributed by atoms with Crippen LogP contribution in [0.15, 0.2) is 24.3 Å². The van der Waals surface area contributed by atoms with Crippen LogP contribution >= 0.6 is 0 Å². The van der Waals surface area contributed by atoms with E-state index in [0.29, 0.717) is 19.6 Å². The first-order valence-corrected chi connectivity index (χ1v) is 8.00. The van der Waals surface area contributed by atoms with Crippen molar-refractivity contribution in [3.63, 3.8) is 0 Å². The SMILES string of the molecule is C=C(C)C(=O)OCC(O)COCCCOCC(O)COC(=O)/C=C\C. The van der Waals surface area contributed by atoms with Crippen molar-refractivity contribution in [1.82, 2.24) is 0 Å². The van der Waals surface area contributed by atoms with E-state index in [1.165, 1.54) is 13.0 Å². The average Bonchev–Trinajstić information content (AvgIpc) is 2.57. The molecule has 0 aliphatic heterocycles. The molecule has 0 bridgehead atoms. The zero-order valence-electron chi connectivity index (χ0n) is 14.8. The lowest BCUT2D eigenvalue weighted by Gasteiger charge is -2.13. The molecule has 0 aromatic rings. The van der Waals surface area contributed by atoms with Gasteiger partial charge in [-0.2, -0.15) is 0 Å². The summed E-state index contributed by atoms with van der Waals surface area (Å²) in [6.45, 7) is 7.13. The molecule has 0 aromatic heterocycles. The summed E-state index contributed by atoms with van der Waals surface area (Å²) in [6.07, 6.45) is 1.58. The molecule has 0 aromatic carbocycles. The lowest BCUT2D eigenvalue weighted by Crippen LogP contribution is -2.25. The lowest BCUT2D eigenvalue weighted by atomic mass is 10.3. The van der Waals surface area contributed by atoms with E-state index in [2.05, 4.69) is 6.58 Å². The van der Waals surface area contributed by atoms with Gasteiger partial charge in [-0.25, -0.2) is 9.59 Å². The molecule has 8 heteroatoms. The highest BCUT2D eigenvalue weighted by molar-refractivity contribution is 5.86. The topological polar surface area (TPSA) is 112 Å². The Morgan fingerprint density at radius 1 is 1.00 bits per heavy atom. The molecule has 144 valence electrons. The third-order valence-electron chi connectivity index (χ3n) is 2.67. The highest BCUT2D eigenvalue weighted by atomic mass is 16.6. The van der Waals surface area contributed by atoms with Crippen molar-refractivity contribution >= 4 is 11.9 Å². The van der Waals surface area contributed by atoms with Gasteiger partial charge in [-0.1, -0.05) is 12.7 Å². The summed E-state index contributed by atoms with van der Waals surface area (Å²) in [7, 11) is 0. The van der Waals surface area contributed by atoms with Gasteiger partial charge in [0, 0.05) is 24.9 Å². The van der Waals surface area contributed by atoms with Gasteiger partial charge in [0.15, 0.2) is 0 Å². The van der Waals surface area contributed by atoms with Crippen LogP contribution in [0, 0.1) is 0 Å². The fraction of sp³-hybridized carbons (Fsp3) is 0.647. The largest absolute Gasteiger partial charge is 0.460 e. The second-order valence-corrected chi connectivity index (χ2v) is 5.32. The summed E-state index contributed by atoms with van der Waals surface area (Å²) in [5, 5.41) is 19.1. The van der Waals surface area contributed by atoms with Crippen molar-refractivity contribution in [2.24, 2.45) is 0 Å². The Morgan fingerprint density at radius 2 is 1.52 bits per heavy atom. The number of aliphatic hydroxyl groups is 2. The molecule has 0 amide bonds. The Morgan fingerprint density at radius 3 is 2.00 bits per heavy atom. The van der Waals surface area contributed by atoms with Gasteiger partial charge in [0.25, 0.3) is 0 Å². The van der Waals surface area contributed by atoms with Crippen molar-refractivity contribution in [1.29, 1.82) is 0 Å². The first-order valence-electron chi connectivity index (χ1n) is 8.00. The van der Waals surface area contributed by atoms with E-state index in [-0.39, 0.29) is 32.0 Å². The summed E-state index contributed by atoms with van der Waals surface area (Å²) in [5.41, 5.74) is 0.268. The number of carbonyl (C=O) groups excluding carboxylic acids is 2. The fourth-order valence-electron chi connectivity index (χ4n) is 1.46. The maximum Gasteiger partial charge on any atom is 0.333 e. The van der Waals surface area contributed by atoms with E-state index >= 15 is 0 Å². The van der Waals surface area contributed by atoms with Crippen LogP contribution in [0.4, 0.5) is 0 Å². The first kappa shape index (κ1) is 23.3. The van der Waals surface area contributed by atoms with Crippen LogP contribution in [0.5, 0.6) is 0 Å². The quantitative estimate of drug-likeness (QED) is 0.260. The Bertz CT molecular complexity index is 432. The maximum absolute atomic E-state index is 11.1. The minimum atomic E-state index is -0.905. The molecule has 25 heavy (non-hydrogen) atoms. The van der Waals surface area contributed by atoms with E-state index in [0.717, 1.165) is 0 Å². The smallest absolute Gasteiger partial charge is 0.333 e. The highest BCUT2D eigenvalue weighted by Gasteiger charge is 2.10. The van der Waals surface area contributed by atoms with Gasteiger partial charge >= 0.3 is 11.9 Å². The van der Waals surface area contributed by atoms with Crippen LogP contribution in [0.2, 0.25) is 0 Å². The molecular weight excluding hydrogens is 332 g/mol. The van der Waals surface area contributed by atoms with Crippen LogP contribution in [0.3, 0.4) is 0 Å². The van der Waals surface area contributed by atoms with Crippen LogP contribution < -0.4 is 0 Å². The van der Waals surface area contributed by atoms with Gasteiger partial charge in [0.1, 0.15) is 25.4 Å². The minimum Gasteiger partial charge on any atom is -0.460 e. The molecule has 0 aliphatic rings. The maximum atomic E-state index is 11.1. The van der Waals surface area contributed by atoms with Gasteiger partial charge < -0.3 is 29.2 Å². The third kappa shape index (κ3) is 14.3. The molecule has 2 N–H and O–H groups in total. The monoisotopic (exact) mass is 360 g/mol. The molecule has 0 rings (SSSR count). The second-order valence-electron chi connectivity index (χ2n) is 5.32. The summed E-state index contributed by atoms with van der Waals surface area (Å²) in [6, 6.07) is 0. The number of rotatable bonds is 14. The Kier molecular flexibility index (Phi) is 13.6. The third-order valence-corrected chi connectivity index (χ3v) is 2.67. The summed E-state index contributed by atoms with van der Waals surface area (Å²) in [5.74, 6) is -1.06. The van der Waals surface area contributed by atoms with E-state index in [1.54, 1.807) is 13.0 Å². The number of hydrogen-bond acceptors (Lipinski definition) is 8. The van der Waals surface area contributed by atoms with Gasteiger partial charge in [-0.15, -0.1) is 0 Å². The van der Waals surface area contributed by atoms with Gasteiger partial charge in [0.05, 0.1) is 13.2 Å². The van der Waals surface area contributed by atoms with Crippen molar-refractivity contribution in [2.45, 2.75) is 32.5 Å². The van der Waals surface area contributed by atoms with Crippen molar-refractivity contribution in [2.75, 3.05) is 39.6 Å². The van der Waals surface area contributed by atoms with Crippen LogP contribution in [-0.2, 0) is 28.5 Å². The van der Waals surface area contributed by atoms with Gasteiger partial charge in [-0.05, 0) is 20.3 Å². The molecular formula is C17H28O8. The summed E-state index contributed by atoms with van der Waals surface area (Å²) in [4.78, 5) is 22.2. The Labute approximate surface area is 148 Å². The molecule has 2 atom stereocenters. The molecule has 2 unspecified atom stereocenters. The van der Waals surface area contributed by atoms with E-state index in [9.17, 15) is 19.8 Å². The van der Waals surface area contributed by atoms with E-state index in [4.69, 9.17) is 18.9 Å². The van der Waals surface area contributed by atoms with Gasteiger partial charge in [0.2, 0.25) is 0 Å². The van der Waals surface area contributed by atoms with E-state index in [1.807, 2.05) is 0 Å². The van der Waals surface area contributed by atoms with Crippen LogP contribution in [0.25, 0.3) is 0 Å². The number of esters is 2. The Hall–Kier alpha value is -1.74. The number of ether oxygens (including phenoxy) is 4. The Balaban J connectivity index is 3.50. The van der Waals surface area contributed by atoms with Crippen molar-refractivity contribution in [3.8, 4) is 0 Å². The predicted molar refractivity (Wildman–Crippen MR) is 89.8 cm³/mol. The summed E-state index contributed by atoms with van der Waals surface area (Å²) < 4.78 is 20.0. The van der Waals surface area contributed by atoms with Crippen LogP contribution in [-0.4, -0.2) is 74.0 Å². The van der Waals surface area contributed by atoms with E-state index < -0.39 is 24.1 Å². The first-order chi connectivity index (χ1) is 11.9. The minimum absolute atomic E-state index is 0.0347. The zero-order chi connectivity index (χ0) is 19.1. The number of carbonyl (C=O) groups is 2. The highest BCUT2D eigenvalue weighted by Crippen LogP contribution is 1.96. The zero-order valence-corrected chi connectivity index (χ0v) is 14.8. The fourth-order valence-corrected chi connectivity index (χ4v) is 1.46. The predicted octanol–water partition coefficient (Wildman–Crippen LogP) is 0.370. The molecule has 0 aliphatic carbocycles. The lowest BCUT2D eigenvalue weighted by molar-refractivity contribution is -0.143. The number of allylic oxidation sites excluding steroid dienone is 1. The van der Waals surface area contributed by atoms with Crippen molar-refractivity contribution in [3.05, 3.63) is 24.3 Å². The standard InChI is InChI=1S/C17H28O8/c1-4-6-16(20)24-11-14(18)9-22-7-5-8-23-10-15(19)12-25-17(21)13(2)3/h4,6,14-15,18-19H,2,5,7-12H2,1,3H3/b6-4-. The normalized spacial score (nSPS) is 13.4. The molecule has 0 fully saturated rings. The molecule has 8 nitrogen and oxygen atoms in total. The molecule has 0 saturated carbocycles. The molecule has 0 radical (unpaired) electrons. The second kappa shape index (κ2) is 14.6. The van der Waals surface area contributed by atoms with Gasteiger partial charge in [-0.3, -0.25) is 0 Å². The number of hydrogen-bond donors (Lipinski definition) is 2. The average molecular weight is 360 g/mol. The molecule has 0 saturated heterocycles. The van der Waals surface area contributed by atoms with Crippen molar-refractivity contribution < 1.29 is 38.7 Å².